The highest BCUT2D eigenvalue weighted by molar-refractivity contribution is 7.19. The molecule has 1 aromatic carbocycles. The Bertz CT molecular complexity index is 693. The van der Waals surface area contributed by atoms with Crippen molar-refractivity contribution in [3.05, 3.63) is 52.7 Å². The highest BCUT2D eigenvalue weighted by atomic mass is 32.1. The number of fused-ring (bicyclic) bond motifs is 1. The van der Waals surface area contributed by atoms with E-state index in [1.54, 1.807) is 11.3 Å². The lowest BCUT2D eigenvalue weighted by molar-refractivity contribution is 0.590. The highest BCUT2D eigenvalue weighted by Gasteiger charge is 2.14. The van der Waals surface area contributed by atoms with Gasteiger partial charge in [-0.2, -0.15) is 5.10 Å². The minimum atomic E-state index is 0.0359. The Labute approximate surface area is 123 Å². The molecular weight excluding hydrogens is 266 g/mol. The second-order valence-electron chi connectivity index (χ2n) is 5.09. The minimum absolute atomic E-state index is 0.0359. The van der Waals surface area contributed by atoms with Gasteiger partial charge < -0.3 is 5.73 Å². The lowest BCUT2D eigenvalue weighted by atomic mass is 10.1. The van der Waals surface area contributed by atoms with Crippen molar-refractivity contribution in [2.75, 3.05) is 0 Å². The van der Waals surface area contributed by atoms with E-state index >= 15 is 0 Å². The van der Waals surface area contributed by atoms with E-state index in [9.17, 15) is 0 Å². The molecule has 104 valence electrons. The summed E-state index contributed by atoms with van der Waals surface area (Å²) in [6.07, 6.45) is 0.835. The average molecular weight is 285 g/mol. The lowest BCUT2D eigenvalue weighted by Gasteiger charge is -2.10. The summed E-state index contributed by atoms with van der Waals surface area (Å²) in [5.74, 6) is 0. The number of thiophene rings is 1. The first kappa shape index (κ1) is 13.3. The Kier molecular flexibility index (Phi) is 3.59. The normalized spacial score (nSPS) is 12.9. The first-order chi connectivity index (χ1) is 9.67. The molecule has 0 aliphatic carbocycles. The molecule has 0 bridgehead atoms. The van der Waals surface area contributed by atoms with E-state index < -0.39 is 0 Å². The van der Waals surface area contributed by atoms with Gasteiger partial charge in [0.1, 0.15) is 0 Å². The molecule has 1 atom stereocenters. The Morgan fingerprint density at radius 1 is 1.30 bits per heavy atom. The summed E-state index contributed by atoms with van der Waals surface area (Å²) in [5, 5.41) is 5.76. The van der Waals surface area contributed by atoms with Crippen molar-refractivity contribution in [3.8, 4) is 0 Å². The van der Waals surface area contributed by atoms with Crippen LogP contribution >= 0.6 is 11.3 Å². The first-order valence-electron chi connectivity index (χ1n) is 6.94. The number of nitrogens with zero attached hydrogens (tertiary/aromatic N) is 2. The van der Waals surface area contributed by atoms with Gasteiger partial charge in [0, 0.05) is 34.3 Å². The van der Waals surface area contributed by atoms with Crippen molar-refractivity contribution in [2.24, 2.45) is 5.73 Å². The number of aromatic nitrogens is 2. The Balaban J connectivity index is 1.86. The quantitative estimate of drug-likeness (QED) is 0.795. The smallest absolute Gasteiger partial charge is 0.0596 e. The zero-order valence-electron chi connectivity index (χ0n) is 11.8. The van der Waals surface area contributed by atoms with E-state index in [0.29, 0.717) is 0 Å². The number of hydrogen-bond acceptors (Lipinski definition) is 3. The van der Waals surface area contributed by atoms with Crippen molar-refractivity contribution in [3.63, 3.8) is 0 Å². The van der Waals surface area contributed by atoms with Gasteiger partial charge in [-0.3, -0.25) is 4.68 Å². The molecule has 0 radical (unpaired) electrons. The topological polar surface area (TPSA) is 43.8 Å². The molecule has 3 rings (SSSR count). The van der Waals surface area contributed by atoms with Crippen LogP contribution in [-0.4, -0.2) is 9.78 Å². The van der Waals surface area contributed by atoms with E-state index in [4.69, 9.17) is 5.73 Å². The maximum Gasteiger partial charge on any atom is 0.0596 e. The second kappa shape index (κ2) is 5.38. The molecule has 0 aliphatic heterocycles. The van der Waals surface area contributed by atoms with Gasteiger partial charge in [0.05, 0.1) is 5.69 Å². The molecule has 0 spiro atoms. The third-order valence-electron chi connectivity index (χ3n) is 3.52. The number of rotatable bonds is 4. The molecule has 1 unspecified atom stereocenters. The van der Waals surface area contributed by atoms with Crippen LogP contribution in [-0.2, 0) is 13.0 Å². The highest BCUT2D eigenvalue weighted by Crippen LogP contribution is 2.30. The van der Waals surface area contributed by atoms with E-state index in [2.05, 4.69) is 48.4 Å². The second-order valence-corrected chi connectivity index (χ2v) is 6.21. The predicted octanol–water partition coefficient (Wildman–Crippen LogP) is 3.67. The number of nitrogens with two attached hydrogens (primary N) is 1. The van der Waals surface area contributed by atoms with Crippen LogP contribution in [0.5, 0.6) is 0 Å². The van der Waals surface area contributed by atoms with Crippen molar-refractivity contribution in [1.82, 2.24) is 9.78 Å². The first-order valence-corrected chi connectivity index (χ1v) is 7.76. The van der Waals surface area contributed by atoms with Crippen LogP contribution in [0.15, 0.2) is 36.4 Å². The molecule has 2 aromatic heterocycles. The van der Waals surface area contributed by atoms with Gasteiger partial charge in [-0.25, -0.2) is 0 Å². The number of aryl methyl sites for hydroxylation is 2. The van der Waals surface area contributed by atoms with Gasteiger partial charge in [-0.1, -0.05) is 18.2 Å². The SMILES string of the molecule is CCn1nc(C)cc1CC(N)c1cc2ccccc2s1. The van der Waals surface area contributed by atoms with Crippen molar-refractivity contribution in [1.29, 1.82) is 0 Å². The predicted molar refractivity (Wildman–Crippen MR) is 85.1 cm³/mol. The summed E-state index contributed by atoms with van der Waals surface area (Å²) >= 11 is 1.79. The molecule has 0 amide bonds. The molecule has 2 N–H and O–H groups in total. The summed E-state index contributed by atoms with van der Waals surface area (Å²) in [6.45, 7) is 5.03. The maximum atomic E-state index is 6.39. The molecule has 0 aliphatic rings. The average Bonchev–Trinajstić information content (AvgIpc) is 3.01. The van der Waals surface area contributed by atoms with Crippen LogP contribution < -0.4 is 5.73 Å². The fraction of sp³-hybridized carbons (Fsp3) is 0.312. The van der Waals surface area contributed by atoms with Gasteiger partial charge in [0.15, 0.2) is 0 Å². The summed E-state index contributed by atoms with van der Waals surface area (Å²) in [5.41, 5.74) is 8.67. The van der Waals surface area contributed by atoms with Crippen LogP contribution in [0.1, 0.15) is 29.2 Å². The Hall–Kier alpha value is -1.65. The van der Waals surface area contributed by atoms with Gasteiger partial charge >= 0.3 is 0 Å². The van der Waals surface area contributed by atoms with Crippen molar-refractivity contribution >= 4 is 21.4 Å². The third kappa shape index (κ3) is 2.49. The van der Waals surface area contributed by atoms with E-state index in [1.807, 2.05) is 11.6 Å². The zero-order chi connectivity index (χ0) is 14.1. The summed E-state index contributed by atoms with van der Waals surface area (Å²) in [7, 11) is 0. The van der Waals surface area contributed by atoms with E-state index in [0.717, 1.165) is 18.7 Å². The van der Waals surface area contributed by atoms with E-state index in [-0.39, 0.29) is 6.04 Å². The molecule has 3 aromatic rings. The molecule has 2 heterocycles. The van der Waals surface area contributed by atoms with Crippen molar-refractivity contribution < 1.29 is 0 Å². The minimum Gasteiger partial charge on any atom is -0.323 e. The van der Waals surface area contributed by atoms with Crippen LogP contribution in [0.3, 0.4) is 0 Å². The van der Waals surface area contributed by atoms with Crippen molar-refractivity contribution in [2.45, 2.75) is 32.9 Å². The lowest BCUT2D eigenvalue weighted by Crippen LogP contribution is -2.15. The van der Waals surface area contributed by atoms with Crippen LogP contribution in [0, 0.1) is 6.92 Å². The molecule has 0 fully saturated rings. The summed E-state index contributed by atoms with van der Waals surface area (Å²) < 4.78 is 3.35. The van der Waals surface area contributed by atoms with Gasteiger partial charge in [0.2, 0.25) is 0 Å². The number of hydrogen-bond donors (Lipinski definition) is 1. The zero-order valence-corrected chi connectivity index (χ0v) is 12.7. The molecular formula is C16H19N3S. The molecule has 20 heavy (non-hydrogen) atoms. The standard InChI is InChI=1S/C16H19N3S/c1-3-19-13(8-11(2)18-19)10-14(17)16-9-12-6-4-5-7-15(12)20-16/h4-9,14H,3,10,17H2,1-2H3. The van der Waals surface area contributed by atoms with Crippen LogP contribution in [0.25, 0.3) is 10.1 Å². The number of benzene rings is 1. The molecule has 3 nitrogen and oxygen atoms in total. The fourth-order valence-corrected chi connectivity index (χ4v) is 3.61. The largest absolute Gasteiger partial charge is 0.323 e. The van der Waals surface area contributed by atoms with Crippen LogP contribution in [0.4, 0.5) is 0 Å². The molecule has 4 heteroatoms. The summed E-state index contributed by atoms with van der Waals surface area (Å²) in [6, 6.07) is 12.8. The van der Waals surface area contributed by atoms with E-state index in [1.165, 1.54) is 20.7 Å². The maximum absolute atomic E-state index is 6.39. The monoisotopic (exact) mass is 285 g/mol. The Morgan fingerprint density at radius 3 is 2.85 bits per heavy atom. The van der Waals surface area contributed by atoms with Gasteiger partial charge in [-0.05, 0) is 37.4 Å². The Morgan fingerprint density at radius 2 is 2.10 bits per heavy atom. The fourth-order valence-electron chi connectivity index (χ4n) is 2.55. The molecule has 0 saturated heterocycles. The molecule has 0 saturated carbocycles. The third-order valence-corrected chi connectivity index (χ3v) is 4.77. The van der Waals surface area contributed by atoms with Gasteiger partial charge in [0.25, 0.3) is 0 Å². The summed E-state index contributed by atoms with van der Waals surface area (Å²) in [4.78, 5) is 1.24. The van der Waals surface area contributed by atoms with Crippen LogP contribution in [0.2, 0.25) is 0 Å². The van der Waals surface area contributed by atoms with Gasteiger partial charge in [-0.15, -0.1) is 11.3 Å².